The van der Waals surface area contributed by atoms with Gasteiger partial charge in [0.05, 0.1) is 11.3 Å². The molecule has 1 N–H and O–H groups in total. The largest absolute Gasteiger partial charge is 0.380 e. The molecule has 17 heavy (non-hydrogen) atoms. The van der Waals surface area contributed by atoms with Gasteiger partial charge in [-0.15, -0.1) is 0 Å². The Hall–Kier alpha value is -1.49. The van der Waals surface area contributed by atoms with Gasteiger partial charge in [0.15, 0.2) is 0 Å². The van der Waals surface area contributed by atoms with Crippen LogP contribution in [0.2, 0.25) is 0 Å². The Balaban J connectivity index is 1.85. The zero-order chi connectivity index (χ0) is 11.8. The second kappa shape index (κ2) is 4.07. The normalized spacial score (nSPS) is 19.1. The molecule has 0 saturated heterocycles. The fraction of sp³-hybridized carbons (Fsp3) is 0.533. The minimum Gasteiger partial charge on any atom is -0.380 e. The Morgan fingerprint density at radius 3 is 2.41 bits per heavy atom. The SMILES string of the molecule is Cc1cccc(C#N)c1NC(C1CC1)C1CC1. The number of hydrogen-bond donors (Lipinski definition) is 1. The van der Waals surface area contributed by atoms with E-state index >= 15 is 0 Å². The van der Waals surface area contributed by atoms with Crippen LogP contribution >= 0.6 is 0 Å². The molecule has 3 rings (SSSR count). The van der Waals surface area contributed by atoms with Crippen molar-refractivity contribution in [2.75, 3.05) is 5.32 Å². The number of rotatable bonds is 4. The van der Waals surface area contributed by atoms with Crippen LogP contribution in [0.15, 0.2) is 18.2 Å². The molecule has 0 bridgehead atoms. The summed E-state index contributed by atoms with van der Waals surface area (Å²) in [7, 11) is 0. The molecule has 2 aliphatic carbocycles. The first-order chi connectivity index (χ1) is 8.29. The third kappa shape index (κ3) is 2.15. The van der Waals surface area contributed by atoms with Crippen LogP contribution < -0.4 is 5.32 Å². The Morgan fingerprint density at radius 2 is 1.88 bits per heavy atom. The van der Waals surface area contributed by atoms with Gasteiger partial charge < -0.3 is 5.32 Å². The summed E-state index contributed by atoms with van der Waals surface area (Å²) in [6.07, 6.45) is 5.45. The Kier molecular flexibility index (Phi) is 2.55. The van der Waals surface area contributed by atoms with Gasteiger partial charge in [0.1, 0.15) is 6.07 Å². The number of anilines is 1. The molecule has 88 valence electrons. The molecule has 0 radical (unpaired) electrons. The molecule has 2 aliphatic rings. The van der Waals surface area contributed by atoms with Crippen molar-refractivity contribution in [2.24, 2.45) is 11.8 Å². The molecular formula is C15H18N2. The van der Waals surface area contributed by atoms with E-state index in [0.29, 0.717) is 6.04 Å². The highest BCUT2D eigenvalue weighted by Gasteiger charge is 2.41. The quantitative estimate of drug-likeness (QED) is 0.853. The predicted octanol–water partition coefficient (Wildman–Crippen LogP) is 3.47. The van der Waals surface area contributed by atoms with E-state index in [1.807, 2.05) is 12.1 Å². The molecule has 0 aromatic heterocycles. The summed E-state index contributed by atoms with van der Waals surface area (Å²) >= 11 is 0. The Bertz CT molecular complexity index is 452. The molecule has 1 aromatic rings. The molecule has 0 amide bonds. The van der Waals surface area contributed by atoms with Crippen LogP contribution in [-0.4, -0.2) is 6.04 Å². The van der Waals surface area contributed by atoms with Crippen LogP contribution in [0.4, 0.5) is 5.69 Å². The Morgan fingerprint density at radius 1 is 1.24 bits per heavy atom. The average Bonchev–Trinajstić information content (AvgIpc) is 3.18. The van der Waals surface area contributed by atoms with E-state index in [-0.39, 0.29) is 0 Å². The van der Waals surface area contributed by atoms with Crippen molar-refractivity contribution in [3.63, 3.8) is 0 Å². The van der Waals surface area contributed by atoms with E-state index in [9.17, 15) is 5.26 Å². The number of hydrogen-bond acceptors (Lipinski definition) is 2. The fourth-order valence-electron chi connectivity index (χ4n) is 2.65. The van der Waals surface area contributed by atoms with Crippen LogP contribution in [0.1, 0.15) is 36.8 Å². The first-order valence-electron chi connectivity index (χ1n) is 6.56. The lowest BCUT2D eigenvalue weighted by Gasteiger charge is -2.21. The molecule has 0 aliphatic heterocycles. The summed E-state index contributed by atoms with van der Waals surface area (Å²) in [4.78, 5) is 0. The van der Waals surface area contributed by atoms with E-state index in [1.165, 1.54) is 31.2 Å². The van der Waals surface area contributed by atoms with Gasteiger partial charge >= 0.3 is 0 Å². The number of aryl methyl sites for hydroxylation is 1. The summed E-state index contributed by atoms with van der Waals surface area (Å²) in [6, 6.07) is 8.86. The van der Waals surface area contributed by atoms with Gasteiger partial charge in [-0.05, 0) is 56.1 Å². The van der Waals surface area contributed by atoms with Gasteiger partial charge in [-0.1, -0.05) is 12.1 Å². The average molecular weight is 226 g/mol. The molecule has 1 aromatic carbocycles. The van der Waals surface area contributed by atoms with Gasteiger partial charge in [-0.25, -0.2) is 0 Å². The highest BCUT2D eigenvalue weighted by Crippen LogP contribution is 2.46. The van der Waals surface area contributed by atoms with Gasteiger partial charge in [-0.2, -0.15) is 5.26 Å². The maximum atomic E-state index is 9.17. The monoisotopic (exact) mass is 226 g/mol. The number of para-hydroxylation sites is 1. The van der Waals surface area contributed by atoms with Crippen molar-refractivity contribution >= 4 is 5.69 Å². The molecule has 0 atom stereocenters. The first kappa shape index (κ1) is 10.7. The van der Waals surface area contributed by atoms with Gasteiger partial charge in [0.25, 0.3) is 0 Å². The highest BCUT2D eigenvalue weighted by molar-refractivity contribution is 5.62. The molecule has 0 heterocycles. The molecular weight excluding hydrogens is 208 g/mol. The molecule has 2 heteroatoms. The third-order valence-corrected chi connectivity index (χ3v) is 3.96. The van der Waals surface area contributed by atoms with Crippen LogP contribution in [0.5, 0.6) is 0 Å². The van der Waals surface area contributed by atoms with Crippen molar-refractivity contribution in [1.82, 2.24) is 0 Å². The smallest absolute Gasteiger partial charge is 0.101 e. The summed E-state index contributed by atoms with van der Waals surface area (Å²) in [5.41, 5.74) is 3.05. The van der Waals surface area contributed by atoms with E-state index in [1.54, 1.807) is 0 Å². The molecule has 2 saturated carbocycles. The van der Waals surface area contributed by atoms with Crippen LogP contribution in [0.25, 0.3) is 0 Å². The number of nitriles is 1. The molecule has 0 spiro atoms. The zero-order valence-electron chi connectivity index (χ0n) is 10.2. The standard InChI is InChI=1S/C15H18N2/c1-10-3-2-4-13(9-16)14(10)17-15(11-5-6-11)12-7-8-12/h2-4,11-12,15,17H,5-8H2,1H3. The van der Waals surface area contributed by atoms with Crippen LogP contribution in [0.3, 0.4) is 0 Å². The van der Waals surface area contributed by atoms with Crippen molar-refractivity contribution < 1.29 is 0 Å². The highest BCUT2D eigenvalue weighted by atomic mass is 15.0. The number of benzene rings is 1. The van der Waals surface area contributed by atoms with Crippen molar-refractivity contribution in [3.8, 4) is 6.07 Å². The molecule has 0 unspecified atom stereocenters. The molecule has 2 nitrogen and oxygen atoms in total. The maximum absolute atomic E-state index is 9.17. The Labute approximate surface area is 103 Å². The van der Waals surface area contributed by atoms with Crippen LogP contribution in [0, 0.1) is 30.1 Å². The summed E-state index contributed by atoms with van der Waals surface area (Å²) in [5, 5.41) is 12.8. The van der Waals surface area contributed by atoms with E-state index in [4.69, 9.17) is 0 Å². The summed E-state index contributed by atoms with van der Waals surface area (Å²) < 4.78 is 0. The van der Waals surface area contributed by atoms with Gasteiger partial charge in [0, 0.05) is 6.04 Å². The van der Waals surface area contributed by atoms with E-state index in [2.05, 4.69) is 24.4 Å². The van der Waals surface area contributed by atoms with E-state index in [0.717, 1.165) is 23.1 Å². The minimum absolute atomic E-state index is 0.614. The lowest BCUT2D eigenvalue weighted by molar-refractivity contribution is 0.567. The molecule has 2 fully saturated rings. The number of nitrogens with zero attached hydrogens (tertiary/aromatic N) is 1. The lowest BCUT2D eigenvalue weighted by Crippen LogP contribution is -2.25. The van der Waals surface area contributed by atoms with Crippen LogP contribution in [-0.2, 0) is 0 Å². The minimum atomic E-state index is 0.614. The lowest BCUT2D eigenvalue weighted by atomic mass is 10.0. The van der Waals surface area contributed by atoms with E-state index < -0.39 is 0 Å². The zero-order valence-corrected chi connectivity index (χ0v) is 10.2. The van der Waals surface area contributed by atoms with Gasteiger partial charge in [-0.3, -0.25) is 0 Å². The topological polar surface area (TPSA) is 35.8 Å². The van der Waals surface area contributed by atoms with Crippen molar-refractivity contribution in [2.45, 2.75) is 38.6 Å². The second-order valence-corrected chi connectivity index (χ2v) is 5.45. The first-order valence-corrected chi connectivity index (χ1v) is 6.56. The van der Waals surface area contributed by atoms with Crippen molar-refractivity contribution in [1.29, 1.82) is 5.26 Å². The second-order valence-electron chi connectivity index (χ2n) is 5.45. The van der Waals surface area contributed by atoms with Crippen molar-refractivity contribution in [3.05, 3.63) is 29.3 Å². The number of nitrogens with one attached hydrogen (secondary N) is 1. The fourth-order valence-corrected chi connectivity index (χ4v) is 2.65. The summed E-state index contributed by atoms with van der Waals surface area (Å²) in [6.45, 7) is 2.08. The predicted molar refractivity (Wildman–Crippen MR) is 68.8 cm³/mol. The third-order valence-electron chi connectivity index (χ3n) is 3.96. The van der Waals surface area contributed by atoms with Gasteiger partial charge in [0.2, 0.25) is 0 Å². The summed E-state index contributed by atoms with van der Waals surface area (Å²) in [5.74, 6) is 1.71. The maximum Gasteiger partial charge on any atom is 0.101 e.